The third-order valence-electron chi connectivity index (χ3n) is 4.22. The summed E-state index contributed by atoms with van der Waals surface area (Å²) in [4.78, 5) is 2.49. The van der Waals surface area contributed by atoms with Gasteiger partial charge in [-0.1, -0.05) is 13.3 Å². The molecule has 16 heavy (non-hydrogen) atoms. The first-order valence-corrected chi connectivity index (χ1v) is 6.81. The molecule has 3 unspecified atom stereocenters. The minimum absolute atomic E-state index is 0.656. The molecule has 0 radical (unpaired) electrons. The van der Waals surface area contributed by atoms with E-state index in [1.807, 2.05) is 0 Å². The maximum atomic E-state index is 5.45. The van der Waals surface area contributed by atoms with E-state index in [4.69, 9.17) is 4.74 Å². The fourth-order valence-corrected chi connectivity index (χ4v) is 2.97. The van der Waals surface area contributed by atoms with Crippen LogP contribution in [-0.4, -0.2) is 50.3 Å². The van der Waals surface area contributed by atoms with Crippen LogP contribution in [0.15, 0.2) is 0 Å². The largest absolute Gasteiger partial charge is 0.380 e. The molecule has 2 rings (SSSR count). The van der Waals surface area contributed by atoms with Crippen molar-refractivity contribution in [2.24, 2.45) is 5.92 Å². The Kier molecular flexibility index (Phi) is 4.62. The van der Waals surface area contributed by atoms with Crippen molar-refractivity contribution in [1.82, 2.24) is 10.2 Å². The predicted molar refractivity (Wildman–Crippen MR) is 66.7 cm³/mol. The highest BCUT2D eigenvalue weighted by Crippen LogP contribution is 2.20. The van der Waals surface area contributed by atoms with Crippen LogP contribution in [0.1, 0.15) is 32.6 Å². The van der Waals surface area contributed by atoms with E-state index >= 15 is 0 Å². The molecule has 3 nitrogen and oxygen atoms in total. The van der Waals surface area contributed by atoms with Crippen molar-refractivity contribution in [3.8, 4) is 0 Å². The lowest BCUT2D eigenvalue weighted by atomic mass is 9.90. The Hall–Kier alpha value is -0.120. The molecule has 2 heterocycles. The van der Waals surface area contributed by atoms with Crippen molar-refractivity contribution in [2.75, 3.05) is 33.4 Å². The third kappa shape index (κ3) is 3.19. The fourth-order valence-electron chi connectivity index (χ4n) is 2.97. The van der Waals surface area contributed by atoms with Crippen molar-refractivity contribution in [1.29, 1.82) is 0 Å². The van der Waals surface area contributed by atoms with Gasteiger partial charge in [-0.05, 0) is 38.8 Å². The van der Waals surface area contributed by atoms with Gasteiger partial charge in [-0.25, -0.2) is 0 Å². The molecule has 2 saturated heterocycles. The first kappa shape index (κ1) is 12.3. The Morgan fingerprint density at radius 1 is 1.38 bits per heavy atom. The summed E-state index contributed by atoms with van der Waals surface area (Å²) >= 11 is 0. The van der Waals surface area contributed by atoms with Gasteiger partial charge < -0.3 is 10.1 Å². The lowest BCUT2D eigenvalue weighted by Crippen LogP contribution is -2.47. The van der Waals surface area contributed by atoms with Gasteiger partial charge in [0, 0.05) is 25.2 Å². The molecule has 2 fully saturated rings. The van der Waals surface area contributed by atoms with Crippen LogP contribution in [0.3, 0.4) is 0 Å². The Bertz CT molecular complexity index is 204. The summed E-state index contributed by atoms with van der Waals surface area (Å²) in [5.74, 6) is 0.944. The molecule has 0 aromatic heterocycles. The van der Waals surface area contributed by atoms with Crippen molar-refractivity contribution in [3.63, 3.8) is 0 Å². The summed E-state index contributed by atoms with van der Waals surface area (Å²) in [6, 6.07) is 1.35. The second kappa shape index (κ2) is 5.99. The number of hydrogen-bond acceptors (Lipinski definition) is 3. The van der Waals surface area contributed by atoms with Gasteiger partial charge in [0.1, 0.15) is 0 Å². The molecular formula is C13H26N2O. The molecular weight excluding hydrogens is 200 g/mol. The zero-order chi connectivity index (χ0) is 11.4. The van der Waals surface area contributed by atoms with E-state index in [9.17, 15) is 0 Å². The van der Waals surface area contributed by atoms with Crippen molar-refractivity contribution in [2.45, 2.75) is 44.7 Å². The normalized spacial score (nSPS) is 35.8. The van der Waals surface area contributed by atoms with Crippen LogP contribution in [-0.2, 0) is 4.74 Å². The van der Waals surface area contributed by atoms with Crippen molar-refractivity contribution < 1.29 is 4.74 Å². The molecule has 2 aliphatic heterocycles. The molecule has 0 aromatic carbocycles. The van der Waals surface area contributed by atoms with E-state index in [-0.39, 0.29) is 0 Å². The standard InChI is InChI=1S/C13H26N2O/c1-3-11-4-6-14-12(8-11)9-15(2)13-5-7-16-10-13/h11-14H,3-10H2,1-2H3. The Balaban J connectivity index is 1.75. The molecule has 2 aliphatic rings. The number of rotatable bonds is 4. The molecule has 3 atom stereocenters. The molecule has 1 N–H and O–H groups in total. The van der Waals surface area contributed by atoms with Crippen LogP contribution >= 0.6 is 0 Å². The predicted octanol–water partition coefficient (Wildman–Crippen LogP) is 1.49. The number of likely N-dealkylation sites (N-methyl/N-ethyl adjacent to an activating group) is 1. The van der Waals surface area contributed by atoms with Gasteiger partial charge in [-0.15, -0.1) is 0 Å². The molecule has 3 heteroatoms. The number of nitrogens with zero attached hydrogens (tertiary/aromatic N) is 1. The summed E-state index contributed by atoms with van der Waals surface area (Å²) < 4.78 is 5.45. The van der Waals surface area contributed by atoms with Gasteiger partial charge in [0.05, 0.1) is 6.61 Å². The summed E-state index contributed by atoms with van der Waals surface area (Å²) in [5.41, 5.74) is 0. The summed E-state index contributed by atoms with van der Waals surface area (Å²) in [6.07, 6.45) is 5.27. The van der Waals surface area contributed by atoms with Crippen LogP contribution in [0, 0.1) is 5.92 Å². The van der Waals surface area contributed by atoms with Gasteiger partial charge in [-0.3, -0.25) is 4.90 Å². The zero-order valence-electron chi connectivity index (χ0n) is 10.7. The Morgan fingerprint density at radius 3 is 2.94 bits per heavy atom. The first-order chi connectivity index (χ1) is 7.79. The van der Waals surface area contributed by atoms with Gasteiger partial charge in [0.2, 0.25) is 0 Å². The molecule has 94 valence electrons. The average Bonchev–Trinajstić information content (AvgIpc) is 2.83. The summed E-state index contributed by atoms with van der Waals surface area (Å²) in [7, 11) is 2.25. The van der Waals surface area contributed by atoms with Crippen molar-refractivity contribution >= 4 is 0 Å². The quantitative estimate of drug-likeness (QED) is 0.786. The van der Waals surface area contributed by atoms with Gasteiger partial charge >= 0.3 is 0 Å². The minimum Gasteiger partial charge on any atom is -0.380 e. The van der Waals surface area contributed by atoms with Crippen molar-refractivity contribution in [3.05, 3.63) is 0 Å². The third-order valence-corrected chi connectivity index (χ3v) is 4.22. The summed E-state index contributed by atoms with van der Waals surface area (Å²) in [6.45, 7) is 6.59. The average molecular weight is 226 g/mol. The maximum absolute atomic E-state index is 5.45. The lowest BCUT2D eigenvalue weighted by molar-refractivity contribution is 0.144. The van der Waals surface area contributed by atoms with E-state index in [0.717, 1.165) is 19.1 Å². The van der Waals surface area contributed by atoms with E-state index in [0.29, 0.717) is 12.1 Å². The topological polar surface area (TPSA) is 24.5 Å². The fraction of sp³-hybridized carbons (Fsp3) is 1.00. The highest BCUT2D eigenvalue weighted by molar-refractivity contribution is 4.82. The van der Waals surface area contributed by atoms with Gasteiger partial charge in [0.15, 0.2) is 0 Å². The van der Waals surface area contributed by atoms with Crippen LogP contribution in [0.25, 0.3) is 0 Å². The monoisotopic (exact) mass is 226 g/mol. The summed E-state index contributed by atoms with van der Waals surface area (Å²) in [5, 5.41) is 3.66. The molecule has 0 spiro atoms. The highest BCUT2D eigenvalue weighted by Gasteiger charge is 2.25. The molecule has 0 aliphatic carbocycles. The zero-order valence-corrected chi connectivity index (χ0v) is 10.7. The van der Waals surface area contributed by atoms with E-state index in [1.165, 1.54) is 38.8 Å². The maximum Gasteiger partial charge on any atom is 0.0622 e. The number of piperidine rings is 1. The smallest absolute Gasteiger partial charge is 0.0622 e. The second-order valence-electron chi connectivity index (χ2n) is 5.41. The number of ether oxygens (including phenoxy) is 1. The van der Waals surface area contributed by atoms with Gasteiger partial charge in [-0.2, -0.15) is 0 Å². The van der Waals surface area contributed by atoms with Crippen LogP contribution in [0.5, 0.6) is 0 Å². The van der Waals surface area contributed by atoms with Crippen LogP contribution in [0.4, 0.5) is 0 Å². The lowest BCUT2D eigenvalue weighted by Gasteiger charge is -2.34. The van der Waals surface area contributed by atoms with Gasteiger partial charge in [0.25, 0.3) is 0 Å². The SMILES string of the molecule is CCC1CCNC(CN(C)C2CCOC2)C1. The van der Waals surface area contributed by atoms with E-state index < -0.39 is 0 Å². The number of nitrogens with one attached hydrogen (secondary N) is 1. The van der Waals surface area contributed by atoms with E-state index in [1.54, 1.807) is 0 Å². The first-order valence-electron chi connectivity index (χ1n) is 6.81. The van der Waals surface area contributed by atoms with Crippen LogP contribution < -0.4 is 5.32 Å². The molecule has 0 amide bonds. The Labute approximate surface area is 99.5 Å². The molecule has 0 aromatic rings. The van der Waals surface area contributed by atoms with Crippen LogP contribution in [0.2, 0.25) is 0 Å². The Morgan fingerprint density at radius 2 is 2.25 bits per heavy atom. The number of hydrogen-bond donors (Lipinski definition) is 1. The van der Waals surface area contributed by atoms with E-state index in [2.05, 4.69) is 24.2 Å². The minimum atomic E-state index is 0.656. The highest BCUT2D eigenvalue weighted by atomic mass is 16.5. The second-order valence-corrected chi connectivity index (χ2v) is 5.41. The molecule has 0 saturated carbocycles. The molecule has 0 bridgehead atoms.